The summed E-state index contributed by atoms with van der Waals surface area (Å²) in [6.07, 6.45) is 1.35. The molecule has 0 saturated carbocycles. The van der Waals surface area contributed by atoms with E-state index in [4.69, 9.17) is 5.11 Å². The summed E-state index contributed by atoms with van der Waals surface area (Å²) >= 11 is 0. The number of hydrogen-bond acceptors (Lipinski definition) is 3. The van der Waals surface area contributed by atoms with Crippen molar-refractivity contribution in [2.24, 2.45) is 5.92 Å². The first-order chi connectivity index (χ1) is 8.45. The van der Waals surface area contributed by atoms with Gasteiger partial charge in [-0.1, -0.05) is 13.8 Å². The van der Waals surface area contributed by atoms with Crippen LogP contribution in [0.5, 0.6) is 0 Å². The number of amides is 1. The number of carboxylic acid groups (broad SMARTS) is 1. The number of carbonyl (C=O) groups excluding carboxylic acids is 1. The molecule has 0 fully saturated rings. The molecule has 0 spiro atoms. The van der Waals surface area contributed by atoms with Crippen LogP contribution in [0.4, 0.5) is 0 Å². The van der Waals surface area contributed by atoms with E-state index < -0.39 is 5.97 Å². The highest BCUT2D eigenvalue weighted by molar-refractivity contribution is 5.96. The number of carbonyl (C=O) groups is 2. The van der Waals surface area contributed by atoms with Crippen molar-refractivity contribution < 1.29 is 14.7 Å². The lowest BCUT2D eigenvalue weighted by Gasteiger charge is -2.23. The van der Waals surface area contributed by atoms with Crippen molar-refractivity contribution in [2.75, 3.05) is 13.1 Å². The fourth-order valence-electron chi connectivity index (χ4n) is 1.66. The molecule has 1 amide bonds. The van der Waals surface area contributed by atoms with Crippen molar-refractivity contribution in [3.05, 3.63) is 29.6 Å². The van der Waals surface area contributed by atoms with Gasteiger partial charge in [0.1, 0.15) is 5.69 Å². The Morgan fingerprint density at radius 3 is 2.61 bits per heavy atom. The summed E-state index contributed by atoms with van der Waals surface area (Å²) in [6.45, 7) is 7.22. The lowest BCUT2D eigenvalue weighted by molar-refractivity contribution is 0.0690. The largest absolute Gasteiger partial charge is 0.477 e. The zero-order chi connectivity index (χ0) is 13.7. The zero-order valence-electron chi connectivity index (χ0n) is 10.9. The van der Waals surface area contributed by atoms with Crippen LogP contribution < -0.4 is 0 Å². The average molecular weight is 250 g/mol. The summed E-state index contributed by atoms with van der Waals surface area (Å²) in [4.78, 5) is 28.4. The first-order valence-corrected chi connectivity index (χ1v) is 5.94. The van der Waals surface area contributed by atoms with Crippen LogP contribution in [0, 0.1) is 5.92 Å². The molecular formula is C13H18N2O3. The fourth-order valence-corrected chi connectivity index (χ4v) is 1.66. The summed E-state index contributed by atoms with van der Waals surface area (Å²) in [5.41, 5.74) is 0.256. The molecule has 0 unspecified atom stereocenters. The van der Waals surface area contributed by atoms with Crippen molar-refractivity contribution >= 4 is 11.9 Å². The van der Waals surface area contributed by atoms with Gasteiger partial charge < -0.3 is 10.0 Å². The van der Waals surface area contributed by atoms with Gasteiger partial charge in [-0.3, -0.25) is 4.79 Å². The Balaban J connectivity index is 2.94. The molecule has 1 rings (SSSR count). The molecule has 5 nitrogen and oxygen atoms in total. The van der Waals surface area contributed by atoms with Crippen molar-refractivity contribution in [3.63, 3.8) is 0 Å². The highest BCUT2D eigenvalue weighted by Crippen LogP contribution is 2.08. The Morgan fingerprint density at radius 1 is 1.44 bits per heavy atom. The number of nitrogens with zero attached hydrogens (tertiary/aromatic N) is 2. The van der Waals surface area contributed by atoms with E-state index in [9.17, 15) is 9.59 Å². The van der Waals surface area contributed by atoms with Crippen LogP contribution in [0.15, 0.2) is 18.3 Å². The van der Waals surface area contributed by atoms with Gasteiger partial charge in [0.15, 0.2) is 0 Å². The minimum absolute atomic E-state index is 0.110. The molecule has 98 valence electrons. The highest BCUT2D eigenvalue weighted by atomic mass is 16.4. The number of rotatable bonds is 5. The van der Waals surface area contributed by atoms with Crippen LogP contribution in [-0.2, 0) is 0 Å². The second-order valence-corrected chi connectivity index (χ2v) is 4.47. The maximum Gasteiger partial charge on any atom is 0.354 e. The summed E-state index contributed by atoms with van der Waals surface area (Å²) in [6, 6.07) is 2.85. The smallest absolute Gasteiger partial charge is 0.354 e. The Hall–Kier alpha value is -1.91. The van der Waals surface area contributed by atoms with Crippen LogP contribution >= 0.6 is 0 Å². The zero-order valence-corrected chi connectivity index (χ0v) is 10.9. The predicted molar refractivity (Wildman–Crippen MR) is 67.6 cm³/mol. The Kier molecular flexibility index (Phi) is 4.83. The number of aromatic nitrogens is 1. The molecule has 0 saturated heterocycles. The summed E-state index contributed by atoms with van der Waals surface area (Å²) in [5.74, 6) is -0.915. The maximum atomic E-state index is 12.2. The molecule has 1 aromatic rings. The molecule has 0 aliphatic rings. The molecule has 1 heterocycles. The number of pyridine rings is 1. The lowest BCUT2D eigenvalue weighted by atomic mass is 10.1. The summed E-state index contributed by atoms with van der Waals surface area (Å²) in [7, 11) is 0. The van der Waals surface area contributed by atoms with Crippen molar-refractivity contribution in [3.8, 4) is 0 Å². The number of carboxylic acids is 1. The van der Waals surface area contributed by atoms with Gasteiger partial charge in [-0.05, 0) is 25.0 Å². The Labute approximate surface area is 106 Å². The molecule has 0 atom stereocenters. The molecule has 1 N–H and O–H groups in total. The normalized spacial score (nSPS) is 10.4. The van der Waals surface area contributed by atoms with Crippen LogP contribution in [0.2, 0.25) is 0 Å². The minimum Gasteiger partial charge on any atom is -0.477 e. The van der Waals surface area contributed by atoms with Gasteiger partial charge in [0.25, 0.3) is 5.91 Å². The SMILES string of the molecule is CCN(CC(C)C)C(=O)c1ccnc(C(=O)O)c1. The van der Waals surface area contributed by atoms with Gasteiger partial charge in [-0.2, -0.15) is 0 Å². The number of hydrogen-bond donors (Lipinski definition) is 1. The predicted octanol–water partition coefficient (Wildman–Crippen LogP) is 1.90. The van der Waals surface area contributed by atoms with Crippen LogP contribution in [0.25, 0.3) is 0 Å². The maximum absolute atomic E-state index is 12.2. The van der Waals surface area contributed by atoms with E-state index in [2.05, 4.69) is 4.98 Å². The third-order valence-electron chi connectivity index (χ3n) is 2.48. The summed E-state index contributed by atoms with van der Waals surface area (Å²) < 4.78 is 0. The van der Waals surface area contributed by atoms with Crippen molar-refractivity contribution in [1.82, 2.24) is 9.88 Å². The molecule has 0 bridgehead atoms. The third kappa shape index (κ3) is 3.55. The molecule has 0 aliphatic heterocycles. The van der Waals surface area contributed by atoms with Crippen LogP contribution in [0.1, 0.15) is 41.6 Å². The second-order valence-electron chi connectivity index (χ2n) is 4.47. The first kappa shape index (κ1) is 14.2. The Morgan fingerprint density at radius 2 is 2.11 bits per heavy atom. The van der Waals surface area contributed by atoms with Crippen LogP contribution in [0.3, 0.4) is 0 Å². The van der Waals surface area contributed by atoms with Gasteiger partial charge in [-0.15, -0.1) is 0 Å². The highest BCUT2D eigenvalue weighted by Gasteiger charge is 2.17. The van der Waals surface area contributed by atoms with Gasteiger partial charge in [0.2, 0.25) is 0 Å². The molecule has 0 radical (unpaired) electrons. The monoisotopic (exact) mass is 250 g/mol. The Bertz CT molecular complexity index is 444. The molecule has 18 heavy (non-hydrogen) atoms. The molecule has 0 aliphatic carbocycles. The fraction of sp³-hybridized carbons (Fsp3) is 0.462. The lowest BCUT2D eigenvalue weighted by Crippen LogP contribution is -2.34. The molecular weight excluding hydrogens is 232 g/mol. The topological polar surface area (TPSA) is 70.5 Å². The molecule has 0 aromatic carbocycles. The molecule has 1 aromatic heterocycles. The van der Waals surface area contributed by atoms with E-state index in [1.54, 1.807) is 4.90 Å². The van der Waals surface area contributed by atoms with E-state index in [1.807, 2.05) is 20.8 Å². The minimum atomic E-state index is -1.13. The van der Waals surface area contributed by atoms with E-state index in [-0.39, 0.29) is 11.6 Å². The van der Waals surface area contributed by atoms with Gasteiger partial charge in [-0.25, -0.2) is 9.78 Å². The van der Waals surface area contributed by atoms with Crippen molar-refractivity contribution in [2.45, 2.75) is 20.8 Å². The summed E-state index contributed by atoms with van der Waals surface area (Å²) in [5, 5.41) is 8.84. The molecule has 5 heteroatoms. The van der Waals surface area contributed by atoms with Gasteiger partial charge in [0, 0.05) is 24.8 Å². The first-order valence-electron chi connectivity index (χ1n) is 5.94. The standard InChI is InChI=1S/C13H18N2O3/c1-4-15(8-9(2)3)12(16)10-5-6-14-11(7-10)13(17)18/h5-7,9H,4,8H2,1-3H3,(H,17,18). The van der Waals surface area contributed by atoms with Crippen LogP contribution in [-0.4, -0.2) is 40.0 Å². The van der Waals surface area contributed by atoms with E-state index in [0.29, 0.717) is 24.6 Å². The quantitative estimate of drug-likeness (QED) is 0.866. The second kappa shape index (κ2) is 6.14. The third-order valence-corrected chi connectivity index (χ3v) is 2.48. The van der Waals surface area contributed by atoms with Crippen molar-refractivity contribution in [1.29, 1.82) is 0 Å². The number of aromatic carboxylic acids is 1. The van der Waals surface area contributed by atoms with Gasteiger partial charge in [0.05, 0.1) is 0 Å². The van der Waals surface area contributed by atoms with E-state index >= 15 is 0 Å². The van der Waals surface area contributed by atoms with Gasteiger partial charge >= 0.3 is 5.97 Å². The van der Waals surface area contributed by atoms with E-state index in [1.165, 1.54) is 18.3 Å². The van der Waals surface area contributed by atoms with E-state index in [0.717, 1.165) is 0 Å². The average Bonchev–Trinajstić information content (AvgIpc) is 2.35.